The second-order valence-electron chi connectivity index (χ2n) is 23.7. The Kier molecular flexibility index (Phi) is 6.39. The van der Waals surface area contributed by atoms with Gasteiger partial charge in [-0.1, -0.05) is 159 Å². The summed E-state index contributed by atoms with van der Waals surface area (Å²) in [5, 5.41) is 22.9. The van der Waals surface area contributed by atoms with Gasteiger partial charge in [-0.25, -0.2) is 0 Å². The fraction of sp³-hybridized carbons (Fsp3) is 0.0400. The predicted octanol–water partition coefficient (Wildman–Crippen LogP) is 20.2. The molecule has 0 saturated heterocycles. The molecule has 0 fully saturated rings. The first-order chi connectivity index (χ1) is 39.5. The van der Waals surface area contributed by atoms with Gasteiger partial charge in [0.25, 0.3) is 0 Å². The summed E-state index contributed by atoms with van der Waals surface area (Å²) in [4.78, 5) is 0. The minimum Gasteiger partial charge on any atom is -0.455 e. The number of nitrogens with zero attached hydrogens (tertiary/aromatic N) is 4. The third-order valence-corrected chi connectivity index (χ3v) is 20.0. The summed E-state index contributed by atoms with van der Waals surface area (Å²) in [7, 11) is 0. The van der Waals surface area contributed by atoms with Crippen LogP contribution < -0.4 is 0 Å². The van der Waals surface area contributed by atoms with Gasteiger partial charge in [-0.05, 0) is 94.0 Å². The molecule has 5 nitrogen and oxygen atoms in total. The number of hydrogen-bond acceptors (Lipinski definition) is 1. The molecule has 366 valence electrons. The molecule has 12 aromatic carbocycles. The molecule has 0 bridgehead atoms. The first-order valence-corrected chi connectivity index (χ1v) is 28.1. The number of fused-ring (bicyclic) bond motifs is 34. The molecular weight excluding hydrogens is 973 g/mol. The van der Waals surface area contributed by atoms with E-state index in [1.807, 2.05) is 0 Å². The molecule has 1 aliphatic carbocycles. The van der Waals surface area contributed by atoms with Gasteiger partial charge in [0.1, 0.15) is 11.2 Å². The van der Waals surface area contributed by atoms with Crippen LogP contribution >= 0.6 is 0 Å². The van der Waals surface area contributed by atoms with E-state index in [9.17, 15) is 0 Å². The zero-order chi connectivity index (χ0) is 51.5. The van der Waals surface area contributed by atoms with Crippen LogP contribution in [0, 0.1) is 0 Å². The Labute approximate surface area is 452 Å². The molecular formula is C75H40N4O. The molecule has 0 N–H and O–H groups in total. The summed E-state index contributed by atoms with van der Waals surface area (Å²) in [6.45, 7) is 4.96. The van der Waals surface area contributed by atoms with Gasteiger partial charge >= 0.3 is 0 Å². The zero-order valence-electron chi connectivity index (χ0n) is 43.3. The van der Waals surface area contributed by atoms with E-state index in [2.05, 4.69) is 238 Å². The molecule has 9 heterocycles. The van der Waals surface area contributed by atoms with E-state index in [0.29, 0.717) is 0 Å². The lowest BCUT2D eigenvalue weighted by Gasteiger charge is -2.24. The summed E-state index contributed by atoms with van der Waals surface area (Å²) in [5.74, 6) is 0. The average Bonchev–Trinajstić information content (AvgIpc) is 4.55. The van der Waals surface area contributed by atoms with Gasteiger partial charge in [-0.3, -0.25) is 0 Å². The fourth-order valence-electron chi connectivity index (χ4n) is 17.3. The standard InChI is InChI=1S/C75H40N4O/c1-75(2)67-41(29-33-57-63(67)49-21-7-17-43-37-13-3-5-25-53(37)76(57)69(43)49)42-30-34-58-64(68(42)75)50-22-9-19-47-61-39(15-11-27-55(61)78(58)71(47)50)40-16-12-28-56-62(40)48-20-10-24-52-66-60(79(56)72(48)52)36-32-46-45-31-35-59-65(73(45)80-74(46)66)51-23-8-18-44-38-14-4-6-26-54(38)77(59)70(44)51/h3-36H,1-2H3. The highest BCUT2D eigenvalue weighted by molar-refractivity contribution is 6.36. The summed E-state index contributed by atoms with van der Waals surface area (Å²) < 4.78 is 17.4. The van der Waals surface area contributed by atoms with Crippen molar-refractivity contribution in [1.29, 1.82) is 0 Å². The maximum absolute atomic E-state index is 7.32. The lowest BCUT2D eigenvalue weighted by molar-refractivity contribution is 0.673. The van der Waals surface area contributed by atoms with Crippen LogP contribution in [0.2, 0.25) is 0 Å². The topological polar surface area (TPSA) is 30.8 Å². The molecule has 80 heavy (non-hydrogen) atoms. The van der Waals surface area contributed by atoms with Crippen LogP contribution in [0.25, 0.3) is 197 Å². The summed E-state index contributed by atoms with van der Waals surface area (Å²) in [5.41, 5.74) is 24.7. The van der Waals surface area contributed by atoms with Crippen molar-refractivity contribution in [2.75, 3.05) is 0 Å². The summed E-state index contributed by atoms with van der Waals surface area (Å²) in [6, 6.07) is 78.1. The molecule has 9 aromatic heterocycles. The molecule has 21 aromatic rings. The number of aromatic nitrogens is 4. The van der Waals surface area contributed by atoms with E-state index in [-0.39, 0.29) is 5.41 Å². The fourth-order valence-corrected chi connectivity index (χ4v) is 17.3. The van der Waals surface area contributed by atoms with Crippen LogP contribution in [0.4, 0.5) is 0 Å². The lowest BCUT2D eigenvalue weighted by atomic mass is 9.78. The van der Waals surface area contributed by atoms with Crippen LogP contribution in [0.15, 0.2) is 211 Å². The van der Waals surface area contributed by atoms with Crippen LogP contribution in [0.5, 0.6) is 0 Å². The van der Waals surface area contributed by atoms with Crippen LogP contribution in [0.3, 0.4) is 0 Å². The second kappa shape index (κ2) is 12.8. The molecule has 0 amide bonds. The van der Waals surface area contributed by atoms with E-state index >= 15 is 0 Å². The molecule has 22 rings (SSSR count). The quantitative estimate of drug-likeness (QED) is 0.161. The van der Waals surface area contributed by atoms with Gasteiger partial charge in [-0.2, -0.15) is 0 Å². The van der Waals surface area contributed by atoms with Crippen LogP contribution in [0.1, 0.15) is 25.0 Å². The Morgan fingerprint density at radius 1 is 0.237 bits per heavy atom. The van der Waals surface area contributed by atoms with E-state index in [1.165, 1.54) is 186 Å². The Bertz CT molecular complexity index is 6490. The molecule has 0 unspecified atom stereocenters. The van der Waals surface area contributed by atoms with Crippen LogP contribution in [-0.4, -0.2) is 17.6 Å². The van der Waals surface area contributed by atoms with Crippen molar-refractivity contribution < 1.29 is 4.42 Å². The number of benzene rings is 12. The molecule has 5 heteroatoms. The van der Waals surface area contributed by atoms with Crippen LogP contribution in [-0.2, 0) is 5.41 Å². The molecule has 0 saturated carbocycles. The largest absolute Gasteiger partial charge is 0.455 e. The van der Waals surface area contributed by atoms with E-state index in [0.717, 1.165) is 21.9 Å². The monoisotopic (exact) mass is 1010 g/mol. The predicted molar refractivity (Wildman–Crippen MR) is 335 cm³/mol. The van der Waals surface area contributed by atoms with E-state index < -0.39 is 0 Å². The Morgan fingerprint density at radius 2 is 0.550 bits per heavy atom. The van der Waals surface area contributed by atoms with Crippen molar-refractivity contribution >= 4 is 174 Å². The maximum Gasteiger partial charge on any atom is 0.145 e. The van der Waals surface area contributed by atoms with Crippen molar-refractivity contribution in [2.45, 2.75) is 19.3 Å². The van der Waals surface area contributed by atoms with Crippen molar-refractivity contribution in [1.82, 2.24) is 17.6 Å². The highest BCUT2D eigenvalue weighted by Gasteiger charge is 2.41. The van der Waals surface area contributed by atoms with Crippen molar-refractivity contribution in [3.8, 4) is 22.3 Å². The lowest BCUT2D eigenvalue weighted by Crippen LogP contribution is -2.16. The smallest absolute Gasteiger partial charge is 0.145 e. The third kappa shape index (κ3) is 4.07. The second-order valence-corrected chi connectivity index (χ2v) is 23.7. The molecule has 0 radical (unpaired) electrons. The summed E-state index contributed by atoms with van der Waals surface area (Å²) in [6.07, 6.45) is 0. The molecule has 0 aliphatic heterocycles. The van der Waals surface area contributed by atoms with Crippen molar-refractivity contribution in [2.24, 2.45) is 0 Å². The minimum absolute atomic E-state index is 0.267. The van der Waals surface area contributed by atoms with E-state index in [4.69, 9.17) is 4.42 Å². The Balaban J connectivity index is 0.766. The number of hydrogen-bond donors (Lipinski definition) is 0. The number of para-hydroxylation sites is 6. The van der Waals surface area contributed by atoms with Crippen molar-refractivity contribution in [3.63, 3.8) is 0 Å². The van der Waals surface area contributed by atoms with E-state index in [1.54, 1.807) is 0 Å². The molecule has 0 atom stereocenters. The highest BCUT2D eigenvalue weighted by atomic mass is 16.3. The average molecular weight is 1010 g/mol. The first-order valence-electron chi connectivity index (χ1n) is 28.1. The van der Waals surface area contributed by atoms with Gasteiger partial charge in [0.05, 0.1) is 77.0 Å². The third-order valence-electron chi connectivity index (χ3n) is 20.0. The Hall–Kier alpha value is -10.4. The van der Waals surface area contributed by atoms with Gasteiger partial charge < -0.3 is 22.0 Å². The van der Waals surface area contributed by atoms with Gasteiger partial charge in [0.15, 0.2) is 0 Å². The highest BCUT2D eigenvalue weighted by Crippen LogP contribution is 2.58. The number of furan rings is 1. The molecule has 1 aliphatic rings. The molecule has 0 spiro atoms. The first kappa shape index (κ1) is 39.9. The van der Waals surface area contributed by atoms with Gasteiger partial charge in [-0.15, -0.1) is 0 Å². The SMILES string of the molecule is CC1(C)c2c(ccc3c2c2cccc4c5ccccc5n3c42)-c2ccc3c(c21)c1cccc2c4c(-c5cccc6c5c5cccc7c8c9oc%10c(ccc%11c%10c%10cccc%12c%13ccccc%13n%11c%12%10)c9ccc8n6c57)cccc4n3c21. The van der Waals surface area contributed by atoms with Gasteiger partial charge in [0.2, 0.25) is 0 Å². The van der Waals surface area contributed by atoms with Gasteiger partial charge in [0, 0.05) is 91.6 Å². The maximum atomic E-state index is 7.32. The number of rotatable bonds is 1. The summed E-state index contributed by atoms with van der Waals surface area (Å²) >= 11 is 0. The van der Waals surface area contributed by atoms with Crippen molar-refractivity contribution in [3.05, 3.63) is 217 Å². The normalized spacial score (nSPS) is 14.2. The Morgan fingerprint density at radius 3 is 1.01 bits per heavy atom. The minimum atomic E-state index is -0.267. The zero-order valence-corrected chi connectivity index (χ0v) is 43.3.